The van der Waals surface area contributed by atoms with E-state index in [0.29, 0.717) is 17.1 Å². The average Bonchev–Trinajstić information content (AvgIpc) is 3.20. The molecule has 0 bridgehead atoms. The summed E-state index contributed by atoms with van der Waals surface area (Å²) < 4.78 is 61.6. The molecule has 1 saturated heterocycles. The number of thioether (sulfide) groups is 1. The highest BCUT2D eigenvalue weighted by Gasteiger charge is 2.60. The number of hydrogen-bond donors (Lipinski definition) is 3. The maximum absolute atomic E-state index is 15.2. The van der Waals surface area contributed by atoms with Crippen LogP contribution in [0.15, 0.2) is 64.8 Å². The first kappa shape index (κ1) is 32.9. The van der Waals surface area contributed by atoms with E-state index in [2.05, 4.69) is 21.7 Å². The predicted molar refractivity (Wildman–Crippen MR) is 163 cm³/mol. The topological polar surface area (TPSA) is 148 Å². The van der Waals surface area contributed by atoms with Gasteiger partial charge in [0.15, 0.2) is 0 Å². The van der Waals surface area contributed by atoms with Crippen LogP contribution in [0.2, 0.25) is 0 Å². The van der Waals surface area contributed by atoms with E-state index >= 15 is 8.78 Å². The van der Waals surface area contributed by atoms with Gasteiger partial charge >= 0.3 is 19.6 Å². The Hall–Kier alpha value is -3.03. The van der Waals surface area contributed by atoms with Crippen LogP contribution in [0.25, 0.3) is 10.8 Å². The van der Waals surface area contributed by atoms with Crippen LogP contribution in [0.3, 0.4) is 0 Å². The van der Waals surface area contributed by atoms with Crippen molar-refractivity contribution in [1.29, 1.82) is 0 Å². The highest BCUT2D eigenvalue weighted by Crippen LogP contribution is 2.51. The van der Waals surface area contributed by atoms with Gasteiger partial charge in [0.25, 0.3) is 0 Å². The number of aliphatic imine (C=N–C) groups is 2. The summed E-state index contributed by atoms with van der Waals surface area (Å²) in [4.78, 5) is 21.4. The van der Waals surface area contributed by atoms with Crippen LogP contribution in [0.1, 0.15) is 33.6 Å². The first-order valence-corrected chi connectivity index (χ1v) is 16.3. The molecule has 1 unspecified atom stereocenters. The van der Waals surface area contributed by atoms with E-state index in [4.69, 9.17) is 19.5 Å². The molecule has 2 aliphatic rings. The number of rotatable bonds is 13. The van der Waals surface area contributed by atoms with Crippen molar-refractivity contribution in [2.24, 2.45) is 21.6 Å². The Labute approximate surface area is 253 Å². The molecular formula is C28H36F2N5O6PS. The third kappa shape index (κ3) is 7.55. The van der Waals surface area contributed by atoms with Crippen molar-refractivity contribution in [2.45, 2.75) is 62.3 Å². The molecular weight excluding hydrogens is 603 g/mol. The van der Waals surface area contributed by atoms with E-state index < -0.39 is 49.0 Å². The summed E-state index contributed by atoms with van der Waals surface area (Å²) in [6.07, 6.45) is 0.513. The number of fused-ring (bicyclic) bond motifs is 1. The zero-order valence-electron chi connectivity index (χ0n) is 24.1. The quantitative estimate of drug-likeness (QED) is 0.205. The molecule has 2 aromatic carbocycles. The summed E-state index contributed by atoms with van der Waals surface area (Å²) in [7, 11) is -4.43. The standard InChI is InChI=1S/C28H36F2N5O6PS/c1-5-19(6-2)14-39-25(37)17(3)34-42(38,41-22-13-9-11-20-10-7-8-12-21(20)22)40-15-23-24(36)28(29,30)26(43-23)35-16-32-27(31)33-18(35)4/h7-13,16-17,19,23-24,26,36H,4-6,14-15H2,1-3H3,(H2,31,33)(H,34,38)/t17-,23+,24-,26+,42?/m0/s1. The first-order chi connectivity index (χ1) is 20.4. The van der Waals surface area contributed by atoms with Crippen LogP contribution in [0, 0.1) is 5.92 Å². The van der Waals surface area contributed by atoms with Gasteiger partial charge in [0.05, 0.1) is 18.5 Å². The van der Waals surface area contributed by atoms with E-state index in [9.17, 15) is 14.5 Å². The molecule has 0 spiro atoms. The number of guanidine groups is 1. The summed E-state index contributed by atoms with van der Waals surface area (Å²) in [5.74, 6) is -4.20. The Morgan fingerprint density at radius 1 is 1.26 bits per heavy atom. The second-order valence-corrected chi connectivity index (χ2v) is 13.2. The van der Waals surface area contributed by atoms with Crippen molar-refractivity contribution in [3.05, 3.63) is 54.9 Å². The lowest BCUT2D eigenvalue weighted by Gasteiger charge is -2.31. The fourth-order valence-corrected chi connectivity index (χ4v) is 7.59. The van der Waals surface area contributed by atoms with Crippen molar-refractivity contribution >= 4 is 48.5 Å². The summed E-state index contributed by atoms with van der Waals surface area (Å²) in [5, 5.41) is 11.7. The highest BCUT2D eigenvalue weighted by molar-refractivity contribution is 8.01. The van der Waals surface area contributed by atoms with Crippen molar-refractivity contribution in [2.75, 3.05) is 13.2 Å². The number of nitrogens with one attached hydrogen (secondary N) is 1. The van der Waals surface area contributed by atoms with Gasteiger partial charge in [-0.3, -0.25) is 14.2 Å². The van der Waals surface area contributed by atoms with E-state index in [1.54, 1.807) is 24.3 Å². The van der Waals surface area contributed by atoms with Crippen molar-refractivity contribution < 1.29 is 37.0 Å². The van der Waals surface area contributed by atoms with E-state index in [1.165, 1.54) is 6.92 Å². The van der Waals surface area contributed by atoms with Crippen molar-refractivity contribution in [1.82, 2.24) is 9.99 Å². The summed E-state index contributed by atoms with van der Waals surface area (Å²) in [5.41, 5.74) is 5.53. The molecule has 1 fully saturated rings. The van der Waals surface area contributed by atoms with Gasteiger partial charge in [-0.2, -0.15) is 10.1 Å². The third-order valence-corrected chi connectivity index (χ3v) is 10.4. The maximum Gasteiger partial charge on any atom is 0.459 e. The third-order valence-electron chi connectivity index (χ3n) is 7.19. The minimum atomic E-state index is -4.43. The molecule has 0 aromatic heterocycles. The van der Waals surface area contributed by atoms with E-state index in [1.807, 2.05) is 32.0 Å². The van der Waals surface area contributed by atoms with Crippen LogP contribution < -0.4 is 15.3 Å². The fourth-order valence-electron chi connectivity index (χ4n) is 4.51. The number of nitrogens with two attached hydrogens (primary N) is 1. The van der Waals surface area contributed by atoms with Crippen LogP contribution >= 0.6 is 19.5 Å². The monoisotopic (exact) mass is 639 g/mol. The number of halogens is 2. The van der Waals surface area contributed by atoms with Gasteiger partial charge < -0.3 is 20.1 Å². The number of hydrogen-bond acceptors (Lipinski definition) is 11. The van der Waals surface area contributed by atoms with Gasteiger partial charge in [0, 0.05) is 5.39 Å². The molecule has 15 heteroatoms. The number of alkyl halides is 2. The number of carbonyl (C=O) groups excluding carboxylic acids is 1. The van der Waals surface area contributed by atoms with Gasteiger partial charge in [-0.15, -0.1) is 11.8 Å². The molecule has 43 heavy (non-hydrogen) atoms. The van der Waals surface area contributed by atoms with Gasteiger partial charge in [-0.25, -0.2) is 18.3 Å². The second kappa shape index (κ2) is 13.7. The first-order valence-electron chi connectivity index (χ1n) is 13.8. The molecule has 5 atom stereocenters. The van der Waals surface area contributed by atoms with Crippen LogP contribution in [-0.4, -0.2) is 70.2 Å². The molecule has 0 saturated carbocycles. The number of benzene rings is 2. The van der Waals surface area contributed by atoms with Gasteiger partial charge in [0.1, 0.15) is 35.4 Å². The lowest BCUT2D eigenvalue weighted by atomic mass is 10.1. The Kier molecular flexibility index (Phi) is 10.5. The van der Waals surface area contributed by atoms with Crippen molar-refractivity contribution in [3.8, 4) is 5.75 Å². The van der Waals surface area contributed by atoms with Crippen LogP contribution in [-0.2, 0) is 18.6 Å². The normalized spacial score (nSPS) is 23.7. The summed E-state index contributed by atoms with van der Waals surface area (Å²) in [6, 6.07) is 11.2. The number of carbonyl (C=O) groups is 1. The zero-order valence-corrected chi connectivity index (χ0v) is 25.8. The molecule has 0 aliphatic carbocycles. The Balaban J connectivity index is 1.54. The van der Waals surface area contributed by atoms with Crippen molar-refractivity contribution in [3.63, 3.8) is 0 Å². The minimum absolute atomic E-state index is 0.0780. The van der Waals surface area contributed by atoms with E-state index in [0.717, 1.165) is 29.5 Å². The molecule has 234 valence electrons. The number of ether oxygens (including phenoxy) is 1. The molecule has 0 amide bonds. The van der Waals surface area contributed by atoms with Gasteiger partial charge in [-0.05, 0) is 24.3 Å². The zero-order chi connectivity index (χ0) is 31.4. The number of aliphatic hydroxyl groups excluding tert-OH is 1. The average molecular weight is 640 g/mol. The van der Waals surface area contributed by atoms with Gasteiger partial charge in [0.2, 0.25) is 5.96 Å². The minimum Gasteiger partial charge on any atom is -0.464 e. The Bertz CT molecular complexity index is 1440. The summed E-state index contributed by atoms with van der Waals surface area (Å²) >= 11 is 0.671. The number of esters is 1. The fraction of sp³-hybridized carbons (Fsp3) is 0.464. The molecule has 2 aliphatic heterocycles. The van der Waals surface area contributed by atoms with E-state index in [-0.39, 0.29) is 30.1 Å². The number of nitrogens with zero attached hydrogens (tertiary/aromatic N) is 3. The molecule has 2 aromatic rings. The smallest absolute Gasteiger partial charge is 0.459 e. The molecule has 2 heterocycles. The van der Waals surface area contributed by atoms with Crippen LogP contribution in [0.4, 0.5) is 8.78 Å². The lowest BCUT2D eigenvalue weighted by Crippen LogP contribution is -2.48. The molecule has 4 N–H and O–H groups in total. The molecule has 4 rings (SSSR count). The molecule has 11 nitrogen and oxygen atoms in total. The maximum atomic E-state index is 15.2. The Morgan fingerprint density at radius 2 is 1.95 bits per heavy atom. The Morgan fingerprint density at radius 3 is 2.65 bits per heavy atom. The highest BCUT2D eigenvalue weighted by atomic mass is 32.2. The largest absolute Gasteiger partial charge is 0.464 e. The number of aliphatic hydroxyl groups is 1. The van der Waals surface area contributed by atoms with Crippen LogP contribution in [0.5, 0.6) is 5.75 Å². The SMILES string of the molecule is C=C1N=C(N)N=CN1[C@@H]1S[C@H](COP(=O)(N[C@@H](C)C(=O)OCC(CC)CC)Oc2cccc3ccccc23)[C@H](O)C1(F)F. The summed E-state index contributed by atoms with van der Waals surface area (Å²) in [6.45, 7) is 8.63. The predicted octanol–water partition coefficient (Wildman–Crippen LogP) is 4.87. The lowest BCUT2D eigenvalue weighted by molar-refractivity contribution is -0.146. The second-order valence-electron chi connectivity index (χ2n) is 10.2. The van der Waals surface area contributed by atoms with Gasteiger partial charge in [-0.1, -0.05) is 69.7 Å². The molecule has 0 radical (unpaired) electrons.